The maximum Gasteiger partial charge on any atom is 0.285 e. The van der Waals surface area contributed by atoms with Crippen LogP contribution in [0, 0.1) is 11.3 Å². The summed E-state index contributed by atoms with van der Waals surface area (Å²) in [6.07, 6.45) is 1.82. The Kier molecular flexibility index (Phi) is 4.40. The maximum atomic E-state index is 12.2. The Morgan fingerprint density at radius 2 is 1.83 bits per heavy atom. The summed E-state index contributed by atoms with van der Waals surface area (Å²) in [7, 11) is -3.72. The Morgan fingerprint density at radius 3 is 2.58 bits per heavy atom. The molecule has 0 N–H and O–H groups in total. The van der Waals surface area contributed by atoms with Crippen LogP contribution in [0.3, 0.4) is 0 Å². The molecule has 1 aliphatic heterocycles. The molecule has 0 spiro atoms. The quantitative estimate of drug-likeness (QED) is 0.633. The molecule has 0 atom stereocenters. The second kappa shape index (κ2) is 6.64. The van der Waals surface area contributed by atoms with E-state index in [9.17, 15) is 8.42 Å². The standard InChI is InChI=1S/C17H14N4O2S/c18-11-6-12-21(19-13-14-7-2-1-3-8-14)17-15-9-4-5-10-16(15)24(22,23)20-17/h1-5,7-10,13H,6,12H2/b19-13+. The van der Waals surface area contributed by atoms with Crippen LogP contribution in [0.5, 0.6) is 0 Å². The number of rotatable bonds is 4. The first kappa shape index (κ1) is 15.9. The van der Waals surface area contributed by atoms with Gasteiger partial charge in [0.1, 0.15) is 4.90 Å². The van der Waals surface area contributed by atoms with E-state index in [-0.39, 0.29) is 23.7 Å². The average molecular weight is 338 g/mol. The maximum absolute atomic E-state index is 12.2. The van der Waals surface area contributed by atoms with Crippen LogP contribution >= 0.6 is 0 Å². The Hall–Kier alpha value is -2.98. The number of benzene rings is 2. The lowest BCUT2D eigenvalue weighted by Crippen LogP contribution is -2.27. The lowest BCUT2D eigenvalue weighted by molar-refractivity contribution is 0.459. The van der Waals surface area contributed by atoms with Gasteiger partial charge in [-0.25, -0.2) is 5.01 Å². The lowest BCUT2D eigenvalue weighted by atomic mass is 10.2. The fourth-order valence-corrected chi connectivity index (χ4v) is 3.53. The summed E-state index contributed by atoms with van der Waals surface area (Å²) in [6, 6.07) is 18.1. The molecule has 120 valence electrons. The second-order valence-corrected chi connectivity index (χ2v) is 6.65. The molecule has 0 aromatic heterocycles. The van der Waals surface area contributed by atoms with E-state index in [4.69, 9.17) is 5.26 Å². The van der Waals surface area contributed by atoms with Gasteiger partial charge in [-0.3, -0.25) is 0 Å². The number of hydrogen-bond acceptors (Lipinski definition) is 5. The number of amidine groups is 1. The van der Waals surface area contributed by atoms with Gasteiger partial charge in [0, 0.05) is 5.56 Å². The highest BCUT2D eigenvalue weighted by Gasteiger charge is 2.31. The van der Waals surface area contributed by atoms with Crippen molar-refractivity contribution in [2.24, 2.45) is 9.50 Å². The van der Waals surface area contributed by atoms with Gasteiger partial charge in [0.15, 0.2) is 5.84 Å². The topological polar surface area (TPSA) is 85.9 Å². The van der Waals surface area contributed by atoms with Gasteiger partial charge in [0.05, 0.1) is 25.2 Å². The molecular formula is C17H14N4O2S. The summed E-state index contributed by atoms with van der Waals surface area (Å²) in [5, 5.41) is 14.7. The summed E-state index contributed by atoms with van der Waals surface area (Å²) in [6.45, 7) is 0.253. The lowest BCUT2D eigenvalue weighted by Gasteiger charge is -2.17. The highest BCUT2D eigenvalue weighted by Crippen LogP contribution is 2.27. The van der Waals surface area contributed by atoms with Gasteiger partial charge in [-0.1, -0.05) is 42.5 Å². The van der Waals surface area contributed by atoms with Gasteiger partial charge in [-0.2, -0.15) is 18.8 Å². The van der Waals surface area contributed by atoms with Crippen LogP contribution in [-0.4, -0.2) is 32.0 Å². The third kappa shape index (κ3) is 3.19. The molecule has 0 saturated heterocycles. The van der Waals surface area contributed by atoms with Crippen molar-refractivity contribution in [3.8, 4) is 6.07 Å². The van der Waals surface area contributed by atoms with E-state index >= 15 is 0 Å². The van der Waals surface area contributed by atoms with Crippen molar-refractivity contribution in [1.82, 2.24) is 5.01 Å². The van der Waals surface area contributed by atoms with Crippen molar-refractivity contribution in [2.45, 2.75) is 11.3 Å². The highest BCUT2D eigenvalue weighted by molar-refractivity contribution is 7.90. The summed E-state index contributed by atoms with van der Waals surface area (Å²) in [5.41, 5.74) is 1.37. The molecule has 2 aromatic rings. The molecular weight excluding hydrogens is 324 g/mol. The van der Waals surface area contributed by atoms with Gasteiger partial charge >= 0.3 is 0 Å². The third-order valence-corrected chi connectivity index (χ3v) is 4.76. The number of nitrogens with zero attached hydrogens (tertiary/aromatic N) is 4. The largest absolute Gasteiger partial charge is 0.285 e. The fraction of sp³-hybridized carbons (Fsp3) is 0.118. The van der Waals surface area contributed by atoms with Crippen LogP contribution in [-0.2, 0) is 10.0 Å². The SMILES string of the molecule is N#CCCN(/N=C/c1ccccc1)C1=NS(=O)(=O)c2ccccc21. The zero-order valence-electron chi connectivity index (χ0n) is 12.7. The zero-order valence-corrected chi connectivity index (χ0v) is 13.5. The van der Waals surface area contributed by atoms with Gasteiger partial charge in [-0.15, -0.1) is 4.40 Å². The van der Waals surface area contributed by atoms with E-state index in [0.29, 0.717) is 5.56 Å². The molecule has 6 nitrogen and oxygen atoms in total. The van der Waals surface area contributed by atoms with E-state index in [1.54, 1.807) is 24.4 Å². The molecule has 0 radical (unpaired) electrons. The van der Waals surface area contributed by atoms with Crippen LogP contribution in [0.15, 0.2) is 69.0 Å². The number of nitriles is 1. The minimum atomic E-state index is -3.72. The minimum absolute atomic E-state index is 0.164. The first-order chi connectivity index (χ1) is 11.6. The van der Waals surface area contributed by atoms with Crippen LogP contribution in [0.1, 0.15) is 17.5 Å². The molecule has 0 saturated carbocycles. The smallest absolute Gasteiger partial charge is 0.246 e. The van der Waals surface area contributed by atoms with Crippen LogP contribution in [0.4, 0.5) is 0 Å². The van der Waals surface area contributed by atoms with Crippen molar-refractivity contribution >= 4 is 22.1 Å². The Morgan fingerprint density at radius 1 is 1.12 bits per heavy atom. The summed E-state index contributed by atoms with van der Waals surface area (Å²) < 4.78 is 28.2. The molecule has 1 aliphatic rings. The average Bonchev–Trinajstić information content (AvgIpc) is 2.88. The zero-order chi connectivity index (χ0) is 17.0. The summed E-state index contributed by atoms with van der Waals surface area (Å²) in [5.74, 6) is 0.244. The summed E-state index contributed by atoms with van der Waals surface area (Å²) in [4.78, 5) is 0.164. The molecule has 0 bridgehead atoms. The van der Waals surface area contributed by atoms with Crippen molar-refractivity contribution in [2.75, 3.05) is 6.54 Å². The molecule has 1 heterocycles. The van der Waals surface area contributed by atoms with Gasteiger partial charge in [0.2, 0.25) is 0 Å². The van der Waals surface area contributed by atoms with Crippen LogP contribution in [0.2, 0.25) is 0 Å². The van der Waals surface area contributed by atoms with E-state index in [0.717, 1.165) is 5.56 Å². The molecule has 0 unspecified atom stereocenters. The molecule has 3 rings (SSSR count). The second-order valence-electron chi connectivity index (χ2n) is 5.07. The Bertz CT molecular complexity index is 944. The first-order valence-corrected chi connectivity index (χ1v) is 8.74. The molecule has 24 heavy (non-hydrogen) atoms. The molecule has 0 amide bonds. The third-order valence-electron chi connectivity index (χ3n) is 3.44. The Labute approximate surface area is 140 Å². The highest BCUT2D eigenvalue weighted by atomic mass is 32.2. The van der Waals surface area contributed by atoms with E-state index in [2.05, 4.69) is 9.50 Å². The van der Waals surface area contributed by atoms with E-state index < -0.39 is 10.0 Å². The predicted octanol–water partition coefficient (Wildman–Crippen LogP) is 2.39. The van der Waals surface area contributed by atoms with Crippen molar-refractivity contribution in [1.29, 1.82) is 5.26 Å². The van der Waals surface area contributed by atoms with Crippen LogP contribution < -0.4 is 0 Å². The van der Waals surface area contributed by atoms with E-state index in [1.165, 1.54) is 11.1 Å². The van der Waals surface area contributed by atoms with Gasteiger partial charge < -0.3 is 0 Å². The van der Waals surface area contributed by atoms with E-state index in [1.807, 2.05) is 36.4 Å². The number of fused-ring (bicyclic) bond motifs is 1. The number of hydrazone groups is 1. The molecule has 7 heteroatoms. The van der Waals surface area contributed by atoms with Crippen molar-refractivity contribution < 1.29 is 8.42 Å². The number of hydrogen-bond donors (Lipinski definition) is 0. The summed E-state index contributed by atoms with van der Waals surface area (Å²) >= 11 is 0. The first-order valence-electron chi connectivity index (χ1n) is 7.30. The minimum Gasteiger partial charge on any atom is -0.246 e. The fourth-order valence-electron chi connectivity index (χ4n) is 2.32. The molecule has 0 aliphatic carbocycles. The monoisotopic (exact) mass is 338 g/mol. The number of sulfonamides is 1. The molecule has 2 aromatic carbocycles. The van der Waals surface area contributed by atoms with Gasteiger partial charge in [0.25, 0.3) is 10.0 Å². The van der Waals surface area contributed by atoms with Crippen molar-refractivity contribution in [3.05, 3.63) is 65.7 Å². The van der Waals surface area contributed by atoms with Crippen LogP contribution in [0.25, 0.3) is 0 Å². The Balaban J connectivity index is 1.98. The van der Waals surface area contributed by atoms with Crippen molar-refractivity contribution in [3.63, 3.8) is 0 Å². The predicted molar refractivity (Wildman–Crippen MR) is 91.1 cm³/mol. The molecule has 0 fully saturated rings. The van der Waals surface area contributed by atoms with Gasteiger partial charge in [-0.05, 0) is 17.7 Å². The normalized spacial score (nSPS) is 14.9.